The first-order chi connectivity index (χ1) is 14.8. The highest BCUT2D eigenvalue weighted by molar-refractivity contribution is 7.80. The van der Waals surface area contributed by atoms with E-state index < -0.39 is 29.2 Å². The summed E-state index contributed by atoms with van der Waals surface area (Å²) in [5.74, 6) is 0. The molecular weight excluding hydrogens is 429 g/mol. The molecule has 1 atom stereocenters. The summed E-state index contributed by atoms with van der Waals surface area (Å²) in [5.41, 5.74) is -1.17. The summed E-state index contributed by atoms with van der Waals surface area (Å²) in [7, 11) is 0. The quantitative estimate of drug-likeness (QED) is 0.583. The first kappa shape index (κ1) is 19.7. The van der Waals surface area contributed by atoms with Crippen molar-refractivity contribution in [2.45, 2.75) is 37.2 Å². The van der Waals surface area contributed by atoms with Gasteiger partial charge in [-0.25, -0.2) is 4.98 Å². The summed E-state index contributed by atoms with van der Waals surface area (Å²) in [5, 5.41) is 28.2. The molecule has 0 amide bonds. The van der Waals surface area contributed by atoms with Gasteiger partial charge in [-0.15, -0.1) is 0 Å². The van der Waals surface area contributed by atoms with Crippen LogP contribution in [0.5, 0.6) is 0 Å². The second kappa shape index (κ2) is 6.63. The molecule has 1 saturated carbocycles. The lowest BCUT2D eigenvalue weighted by Crippen LogP contribution is -2.57. The lowest BCUT2D eigenvalue weighted by Gasteiger charge is -2.46. The topological polar surface area (TPSA) is 92.1 Å². The Bertz CT molecular complexity index is 1250. The Kier molecular flexibility index (Phi) is 4.22. The van der Waals surface area contributed by atoms with Crippen LogP contribution in [0.4, 0.5) is 24.5 Å². The number of fused-ring (bicyclic) bond motifs is 1. The molecule has 1 aromatic carbocycles. The van der Waals surface area contributed by atoms with E-state index in [2.05, 4.69) is 15.2 Å². The average molecular weight is 444 g/mol. The lowest BCUT2D eigenvalue weighted by atomic mass is 9.74. The molecular formula is C20H15F3N6OS. The number of hydrogen-bond acceptors (Lipinski definition) is 5. The highest BCUT2D eigenvalue weighted by Gasteiger charge is 2.59. The monoisotopic (exact) mass is 444 g/mol. The number of benzene rings is 1. The first-order valence-corrected chi connectivity index (χ1v) is 9.89. The molecule has 5 rings (SSSR count). The number of nitrogens with zero attached hydrogens (tertiary/aromatic N) is 5. The minimum Gasteiger partial charge on any atom is -0.371 e. The van der Waals surface area contributed by atoms with Crippen LogP contribution in [0.1, 0.15) is 30.5 Å². The number of nitrogens with one attached hydrogen (secondary N) is 1. The van der Waals surface area contributed by atoms with Crippen molar-refractivity contribution in [1.82, 2.24) is 15.2 Å². The molecule has 1 unspecified atom stereocenters. The fourth-order valence-corrected chi connectivity index (χ4v) is 4.85. The molecule has 11 heteroatoms. The van der Waals surface area contributed by atoms with Crippen LogP contribution < -0.4 is 9.80 Å². The van der Waals surface area contributed by atoms with Gasteiger partial charge in [0.15, 0.2) is 17.0 Å². The van der Waals surface area contributed by atoms with E-state index in [1.165, 1.54) is 11.0 Å². The molecule has 1 aliphatic heterocycles. The van der Waals surface area contributed by atoms with E-state index in [1.807, 2.05) is 23.1 Å². The molecule has 2 N–H and O–H groups in total. The van der Waals surface area contributed by atoms with E-state index in [0.29, 0.717) is 18.5 Å². The standard InChI is InChI=1S/C20H15F3N6OS/c21-20(22,23)14-6-13(10-25-16(14)8-24)28-17(30)19(4-1-5-19)29(18(28)31)12-3-2-11-9-26-27-15(11)7-12/h2-3,6-7,9-10,17,30H,1,4-5H2,(H,26,27). The molecule has 1 spiro atoms. The lowest BCUT2D eigenvalue weighted by molar-refractivity contribution is -0.138. The third-order valence-corrected chi connectivity index (χ3v) is 6.41. The summed E-state index contributed by atoms with van der Waals surface area (Å²) in [6, 6.07) is 7.84. The van der Waals surface area contributed by atoms with Crippen LogP contribution in [0.3, 0.4) is 0 Å². The second-order valence-corrected chi connectivity index (χ2v) is 8.02. The van der Waals surface area contributed by atoms with Gasteiger partial charge in [-0.2, -0.15) is 23.5 Å². The fraction of sp³-hybridized carbons (Fsp3) is 0.300. The maximum atomic E-state index is 13.5. The third-order valence-electron chi connectivity index (χ3n) is 6.03. The highest BCUT2D eigenvalue weighted by atomic mass is 32.1. The zero-order valence-electron chi connectivity index (χ0n) is 15.9. The molecule has 31 heavy (non-hydrogen) atoms. The van der Waals surface area contributed by atoms with Crippen molar-refractivity contribution in [3.05, 3.63) is 47.9 Å². The number of halogens is 3. The zero-order chi connectivity index (χ0) is 22.0. The van der Waals surface area contributed by atoms with Crippen molar-refractivity contribution in [1.29, 1.82) is 5.26 Å². The molecule has 158 valence electrons. The van der Waals surface area contributed by atoms with Crippen LogP contribution in [0.2, 0.25) is 0 Å². The van der Waals surface area contributed by atoms with Gasteiger partial charge in [-0.1, -0.05) is 0 Å². The van der Waals surface area contributed by atoms with Crippen LogP contribution in [0, 0.1) is 11.3 Å². The average Bonchev–Trinajstić information content (AvgIpc) is 3.26. The maximum absolute atomic E-state index is 13.5. The van der Waals surface area contributed by atoms with Crippen LogP contribution in [-0.2, 0) is 6.18 Å². The van der Waals surface area contributed by atoms with E-state index in [4.69, 9.17) is 17.5 Å². The maximum Gasteiger partial charge on any atom is 0.419 e. The minimum atomic E-state index is -4.76. The SMILES string of the molecule is N#Cc1ncc(N2C(=S)N(c3ccc4cn[nH]c4c3)C3(CCC3)C2O)cc1C(F)(F)F. The van der Waals surface area contributed by atoms with Crippen molar-refractivity contribution in [3.63, 3.8) is 0 Å². The van der Waals surface area contributed by atoms with E-state index in [1.54, 1.807) is 6.20 Å². The van der Waals surface area contributed by atoms with Gasteiger partial charge in [-0.05, 0) is 55.7 Å². The number of alkyl halides is 3. The van der Waals surface area contributed by atoms with Gasteiger partial charge in [-0.3, -0.25) is 10.00 Å². The van der Waals surface area contributed by atoms with Crippen LogP contribution in [-0.4, -0.2) is 37.2 Å². The molecule has 3 heterocycles. The summed E-state index contributed by atoms with van der Waals surface area (Å²) >= 11 is 5.64. The summed E-state index contributed by atoms with van der Waals surface area (Å²) < 4.78 is 40.4. The molecule has 1 saturated heterocycles. The molecule has 2 aromatic heterocycles. The Balaban J connectivity index is 1.62. The molecule has 0 radical (unpaired) electrons. The number of thiocarbonyl (C=S) groups is 1. The Morgan fingerprint density at radius 2 is 2.00 bits per heavy atom. The number of rotatable bonds is 2. The zero-order valence-corrected chi connectivity index (χ0v) is 16.7. The van der Waals surface area contributed by atoms with Gasteiger partial charge in [0, 0.05) is 11.1 Å². The predicted octanol–water partition coefficient (Wildman–Crippen LogP) is 3.70. The Morgan fingerprint density at radius 3 is 2.65 bits per heavy atom. The number of hydrogen-bond donors (Lipinski definition) is 2. The van der Waals surface area contributed by atoms with Crippen molar-refractivity contribution in [2.24, 2.45) is 0 Å². The fourth-order valence-electron chi connectivity index (χ4n) is 4.35. The predicted molar refractivity (Wildman–Crippen MR) is 110 cm³/mol. The number of aromatic amines is 1. The highest BCUT2D eigenvalue weighted by Crippen LogP contribution is 2.50. The first-order valence-electron chi connectivity index (χ1n) is 9.48. The number of nitriles is 1. The van der Waals surface area contributed by atoms with Gasteiger partial charge in [0.2, 0.25) is 0 Å². The normalized spacial score (nSPS) is 20.4. The third kappa shape index (κ3) is 2.79. The van der Waals surface area contributed by atoms with Crippen molar-refractivity contribution < 1.29 is 18.3 Å². The van der Waals surface area contributed by atoms with Crippen LogP contribution in [0.15, 0.2) is 36.7 Å². The molecule has 2 aliphatic rings. The van der Waals surface area contributed by atoms with Gasteiger partial charge in [0.05, 0.1) is 34.7 Å². The number of aliphatic hydroxyl groups excluding tert-OH is 1. The summed E-state index contributed by atoms with van der Waals surface area (Å²) in [6.07, 6.45) is -0.999. The molecule has 2 fully saturated rings. The van der Waals surface area contributed by atoms with E-state index in [9.17, 15) is 18.3 Å². The smallest absolute Gasteiger partial charge is 0.371 e. The Morgan fingerprint density at radius 1 is 1.23 bits per heavy atom. The second-order valence-electron chi connectivity index (χ2n) is 7.66. The Labute approximate surface area is 179 Å². The molecule has 0 bridgehead atoms. The van der Waals surface area contributed by atoms with Crippen LogP contribution in [0.25, 0.3) is 10.9 Å². The Hall–Kier alpha value is -3.23. The van der Waals surface area contributed by atoms with E-state index in [0.717, 1.165) is 29.6 Å². The number of aromatic nitrogens is 3. The summed E-state index contributed by atoms with van der Waals surface area (Å²) in [4.78, 5) is 6.77. The largest absolute Gasteiger partial charge is 0.419 e. The molecule has 3 aromatic rings. The van der Waals surface area contributed by atoms with Gasteiger partial charge >= 0.3 is 6.18 Å². The molecule has 7 nitrogen and oxygen atoms in total. The number of pyridine rings is 1. The van der Waals surface area contributed by atoms with Crippen molar-refractivity contribution in [2.75, 3.05) is 9.80 Å². The van der Waals surface area contributed by atoms with E-state index >= 15 is 0 Å². The van der Waals surface area contributed by atoms with Gasteiger partial charge in [0.1, 0.15) is 6.07 Å². The number of anilines is 2. The van der Waals surface area contributed by atoms with Crippen molar-refractivity contribution >= 4 is 39.6 Å². The van der Waals surface area contributed by atoms with Gasteiger partial charge < -0.3 is 10.0 Å². The minimum absolute atomic E-state index is 0.0137. The van der Waals surface area contributed by atoms with Crippen molar-refractivity contribution in [3.8, 4) is 6.07 Å². The van der Waals surface area contributed by atoms with Gasteiger partial charge in [0.25, 0.3) is 0 Å². The summed E-state index contributed by atoms with van der Waals surface area (Å²) in [6.45, 7) is 0. The number of aliphatic hydroxyl groups is 1. The number of H-pyrrole nitrogens is 1. The van der Waals surface area contributed by atoms with E-state index in [-0.39, 0.29) is 10.8 Å². The van der Waals surface area contributed by atoms with Crippen LogP contribution >= 0.6 is 12.2 Å². The molecule has 1 aliphatic carbocycles.